The third-order valence-electron chi connectivity index (χ3n) is 4.13. The summed E-state index contributed by atoms with van der Waals surface area (Å²) in [6.07, 6.45) is 2.06. The highest BCUT2D eigenvalue weighted by molar-refractivity contribution is 7.98. The highest BCUT2D eigenvalue weighted by Gasteiger charge is 2.20. The van der Waals surface area contributed by atoms with E-state index in [9.17, 15) is 4.79 Å². The van der Waals surface area contributed by atoms with E-state index in [4.69, 9.17) is 9.15 Å². The van der Waals surface area contributed by atoms with Crippen LogP contribution in [-0.2, 0) is 17.0 Å². The molecule has 3 aromatic rings. The van der Waals surface area contributed by atoms with Gasteiger partial charge in [-0.2, -0.15) is 0 Å². The fraction of sp³-hybridized carbons (Fsp3) is 0.412. The van der Waals surface area contributed by atoms with Crippen LogP contribution in [0.25, 0.3) is 10.9 Å². The Morgan fingerprint density at radius 2 is 2.20 bits per heavy atom. The molecule has 130 valence electrons. The molecule has 1 saturated heterocycles. The zero-order chi connectivity index (χ0) is 17.2. The molecule has 0 aliphatic carbocycles. The molecule has 4 rings (SSSR count). The standard InChI is InChI=1S/C17H18N4O3S/c1-11-19-20-15(24-11)10-25-17-18-14-7-3-2-6-13(14)16(22)21(17)9-12-5-4-8-23-12/h2-3,6-7,12H,4-5,8-10H2,1H3/t12-/m0/s1. The summed E-state index contributed by atoms with van der Waals surface area (Å²) in [6, 6.07) is 7.41. The minimum atomic E-state index is -0.0368. The lowest BCUT2D eigenvalue weighted by atomic mass is 10.2. The Morgan fingerprint density at radius 3 is 2.96 bits per heavy atom. The zero-order valence-electron chi connectivity index (χ0n) is 13.8. The monoisotopic (exact) mass is 358 g/mol. The number of aromatic nitrogens is 4. The number of benzene rings is 1. The van der Waals surface area contributed by atoms with Gasteiger partial charge in [-0.1, -0.05) is 23.9 Å². The molecule has 0 unspecified atom stereocenters. The first-order valence-electron chi connectivity index (χ1n) is 8.23. The second-order valence-electron chi connectivity index (χ2n) is 5.97. The van der Waals surface area contributed by atoms with Crippen LogP contribution >= 0.6 is 11.8 Å². The molecule has 1 aliphatic heterocycles. The average Bonchev–Trinajstić information content (AvgIpc) is 3.27. The van der Waals surface area contributed by atoms with Gasteiger partial charge in [-0.05, 0) is 25.0 Å². The Morgan fingerprint density at radius 1 is 1.32 bits per heavy atom. The molecule has 1 fully saturated rings. The van der Waals surface area contributed by atoms with Gasteiger partial charge in [0.2, 0.25) is 11.8 Å². The molecule has 3 heterocycles. The minimum absolute atomic E-state index is 0.0368. The number of aryl methyl sites for hydroxylation is 1. The first-order chi connectivity index (χ1) is 12.2. The normalized spacial score (nSPS) is 17.4. The van der Waals surface area contributed by atoms with Gasteiger partial charge >= 0.3 is 0 Å². The van der Waals surface area contributed by atoms with Crippen molar-refractivity contribution < 1.29 is 9.15 Å². The summed E-state index contributed by atoms with van der Waals surface area (Å²) < 4.78 is 12.8. The second-order valence-corrected chi connectivity index (χ2v) is 6.91. The first kappa shape index (κ1) is 16.3. The van der Waals surface area contributed by atoms with E-state index in [1.807, 2.05) is 24.3 Å². The number of para-hydroxylation sites is 1. The number of hydrogen-bond acceptors (Lipinski definition) is 7. The van der Waals surface area contributed by atoms with Crippen molar-refractivity contribution >= 4 is 22.7 Å². The van der Waals surface area contributed by atoms with Crippen LogP contribution in [0.1, 0.15) is 24.6 Å². The molecule has 0 radical (unpaired) electrons. The molecule has 2 aromatic heterocycles. The average molecular weight is 358 g/mol. The van der Waals surface area contributed by atoms with Gasteiger partial charge in [0.15, 0.2) is 5.16 Å². The number of nitrogens with zero attached hydrogens (tertiary/aromatic N) is 4. The predicted molar refractivity (Wildman–Crippen MR) is 93.6 cm³/mol. The van der Waals surface area contributed by atoms with Crippen LogP contribution in [0.5, 0.6) is 0 Å². The summed E-state index contributed by atoms with van der Waals surface area (Å²) >= 11 is 1.43. The maximum atomic E-state index is 13.0. The molecule has 8 heteroatoms. The summed E-state index contributed by atoms with van der Waals surface area (Å²) in [5.74, 6) is 1.52. The van der Waals surface area contributed by atoms with Gasteiger partial charge in [-0.3, -0.25) is 9.36 Å². The van der Waals surface area contributed by atoms with Gasteiger partial charge in [-0.25, -0.2) is 4.98 Å². The maximum absolute atomic E-state index is 13.0. The van der Waals surface area contributed by atoms with Crippen molar-refractivity contribution in [2.75, 3.05) is 6.61 Å². The van der Waals surface area contributed by atoms with Gasteiger partial charge in [-0.15, -0.1) is 10.2 Å². The molecule has 0 amide bonds. The molecular formula is C17H18N4O3S. The summed E-state index contributed by atoms with van der Waals surface area (Å²) in [5, 5.41) is 9.11. The number of thioether (sulfide) groups is 1. The van der Waals surface area contributed by atoms with E-state index in [0.29, 0.717) is 40.1 Å². The van der Waals surface area contributed by atoms with Crippen LogP contribution < -0.4 is 5.56 Å². The van der Waals surface area contributed by atoms with Gasteiger partial charge in [0, 0.05) is 13.5 Å². The Kier molecular flexibility index (Phi) is 4.54. The van der Waals surface area contributed by atoms with E-state index in [0.717, 1.165) is 19.4 Å². The first-order valence-corrected chi connectivity index (χ1v) is 9.22. The lowest BCUT2D eigenvalue weighted by Gasteiger charge is -2.16. The Bertz CT molecular complexity index is 946. The topological polar surface area (TPSA) is 83.0 Å². The third-order valence-corrected chi connectivity index (χ3v) is 5.09. The Balaban J connectivity index is 1.70. The maximum Gasteiger partial charge on any atom is 0.262 e. The smallest absolute Gasteiger partial charge is 0.262 e. The van der Waals surface area contributed by atoms with Crippen molar-refractivity contribution in [2.45, 2.75) is 43.3 Å². The highest BCUT2D eigenvalue weighted by atomic mass is 32.2. The second kappa shape index (κ2) is 6.97. The predicted octanol–water partition coefficient (Wildman–Crippen LogP) is 2.56. The largest absolute Gasteiger partial charge is 0.425 e. The quantitative estimate of drug-likeness (QED) is 0.512. The van der Waals surface area contributed by atoms with Gasteiger partial charge < -0.3 is 9.15 Å². The number of ether oxygens (including phenoxy) is 1. The van der Waals surface area contributed by atoms with Crippen molar-refractivity contribution in [2.24, 2.45) is 0 Å². The van der Waals surface area contributed by atoms with Crippen molar-refractivity contribution in [3.05, 3.63) is 46.4 Å². The van der Waals surface area contributed by atoms with Crippen LogP contribution in [0, 0.1) is 6.92 Å². The van der Waals surface area contributed by atoms with E-state index in [-0.39, 0.29) is 11.7 Å². The summed E-state index contributed by atoms with van der Waals surface area (Å²) in [5.41, 5.74) is 0.658. The number of fused-ring (bicyclic) bond motifs is 1. The van der Waals surface area contributed by atoms with Gasteiger partial charge in [0.1, 0.15) is 0 Å². The van der Waals surface area contributed by atoms with Crippen LogP contribution in [0.2, 0.25) is 0 Å². The number of rotatable bonds is 5. The lowest BCUT2D eigenvalue weighted by molar-refractivity contribution is 0.0937. The molecule has 25 heavy (non-hydrogen) atoms. The van der Waals surface area contributed by atoms with E-state index < -0.39 is 0 Å². The molecule has 0 N–H and O–H groups in total. The molecule has 1 aliphatic rings. The number of hydrogen-bond donors (Lipinski definition) is 0. The highest BCUT2D eigenvalue weighted by Crippen LogP contribution is 2.23. The summed E-state index contributed by atoms with van der Waals surface area (Å²) in [7, 11) is 0. The molecule has 1 atom stereocenters. The van der Waals surface area contributed by atoms with Gasteiger partial charge in [0.25, 0.3) is 5.56 Å². The van der Waals surface area contributed by atoms with E-state index >= 15 is 0 Å². The Hall–Kier alpha value is -2.19. The Labute approximate surface area is 148 Å². The fourth-order valence-electron chi connectivity index (χ4n) is 2.93. The molecule has 0 spiro atoms. The minimum Gasteiger partial charge on any atom is -0.425 e. The van der Waals surface area contributed by atoms with Crippen molar-refractivity contribution in [3.8, 4) is 0 Å². The van der Waals surface area contributed by atoms with E-state index in [2.05, 4.69) is 15.2 Å². The van der Waals surface area contributed by atoms with Crippen LogP contribution in [0.15, 0.2) is 38.6 Å². The van der Waals surface area contributed by atoms with Crippen LogP contribution in [-0.4, -0.2) is 32.5 Å². The molecule has 0 saturated carbocycles. The van der Waals surface area contributed by atoms with Crippen molar-refractivity contribution in [3.63, 3.8) is 0 Å². The third kappa shape index (κ3) is 3.45. The SMILES string of the molecule is Cc1nnc(CSc2nc3ccccc3c(=O)n2C[C@@H]2CCCO2)o1. The fourth-order valence-corrected chi connectivity index (χ4v) is 3.78. The van der Waals surface area contributed by atoms with E-state index in [1.54, 1.807) is 11.5 Å². The zero-order valence-corrected chi connectivity index (χ0v) is 14.7. The van der Waals surface area contributed by atoms with Crippen LogP contribution in [0.4, 0.5) is 0 Å². The van der Waals surface area contributed by atoms with Crippen molar-refractivity contribution in [1.82, 2.24) is 19.7 Å². The van der Waals surface area contributed by atoms with E-state index in [1.165, 1.54) is 11.8 Å². The molecule has 7 nitrogen and oxygen atoms in total. The van der Waals surface area contributed by atoms with Crippen molar-refractivity contribution in [1.29, 1.82) is 0 Å². The molecule has 1 aromatic carbocycles. The van der Waals surface area contributed by atoms with Gasteiger partial charge in [0.05, 0.1) is 29.3 Å². The van der Waals surface area contributed by atoms with Crippen LogP contribution in [0.3, 0.4) is 0 Å². The summed E-state index contributed by atoms with van der Waals surface area (Å²) in [6.45, 7) is 3.02. The summed E-state index contributed by atoms with van der Waals surface area (Å²) in [4.78, 5) is 17.6. The lowest BCUT2D eigenvalue weighted by Crippen LogP contribution is -2.28. The molecule has 0 bridgehead atoms. The molecular weight excluding hydrogens is 340 g/mol.